The van der Waals surface area contributed by atoms with Crippen molar-refractivity contribution >= 4 is 5.69 Å². The molecule has 0 spiro atoms. The molecular weight excluding hydrogens is 380 g/mol. The van der Waals surface area contributed by atoms with Crippen LogP contribution >= 0.6 is 0 Å². The third-order valence-electron chi connectivity index (χ3n) is 5.37. The Labute approximate surface area is 180 Å². The Bertz CT molecular complexity index is 733. The number of imidazole rings is 1. The van der Waals surface area contributed by atoms with E-state index in [1.165, 1.54) is 18.5 Å². The van der Waals surface area contributed by atoms with Gasteiger partial charge < -0.3 is 29.0 Å². The van der Waals surface area contributed by atoms with E-state index in [4.69, 9.17) is 14.2 Å². The first-order valence-electron chi connectivity index (χ1n) is 11.0. The number of benzene rings is 1. The van der Waals surface area contributed by atoms with Crippen LogP contribution in [-0.4, -0.2) is 55.2 Å². The molecule has 166 valence electrons. The van der Waals surface area contributed by atoms with Crippen LogP contribution in [0.15, 0.2) is 42.7 Å². The topological polar surface area (TPSA) is 60.8 Å². The fraction of sp³-hybridized carbons (Fsp3) is 0.609. The van der Waals surface area contributed by atoms with Crippen molar-refractivity contribution in [1.29, 1.82) is 0 Å². The summed E-state index contributed by atoms with van der Waals surface area (Å²) >= 11 is 0. The Morgan fingerprint density at radius 3 is 2.63 bits per heavy atom. The number of hydrogen-bond donors (Lipinski definition) is 1. The van der Waals surface area contributed by atoms with Gasteiger partial charge in [-0.3, -0.25) is 0 Å². The second-order valence-corrected chi connectivity index (χ2v) is 7.82. The third kappa shape index (κ3) is 6.28. The van der Waals surface area contributed by atoms with E-state index < -0.39 is 5.79 Å². The number of unbranched alkanes of at least 4 members (excludes halogenated alkanes) is 2. The Morgan fingerprint density at radius 1 is 1.20 bits per heavy atom. The molecule has 0 radical (unpaired) electrons. The molecule has 1 aromatic carbocycles. The highest BCUT2D eigenvalue weighted by Crippen LogP contribution is 2.32. The molecule has 0 bridgehead atoms. The van der Waals surface area contributed by atoms with Crippen molar-refractivity contribution in [2.45, 2.75) is 45.2 Å². The number of nitrogens with zero attached hydrogens (tertiary/aromatic N) is 3. The Morgan fingerprint density at radius 2 is 1.97 bits per heavy atom. The minimum atomic E-state index is -0.798. The summed E-state index contributed by atoms with van der Waals surface area (Å²) in [5.41, 5.74) is 1.35. The van der Waals surface area contributed by atoms with E-state index in [0.717, 1.165) is 45.0 Å². The van der Waals surface area contributed by atoms with Gasteiger partial charge in [-0.05, 0) is 25.5 Å². The zero-order valence-electron chi connectivity index (χ0n) is 18.5. The summed E-state index contributed by atoms with van der Waals surface area (Å²) in [6.07, 6.45) is 6.77. The maximum absolute atomic E-state index is 5.83. The van der Waals surface area contributed by atoms with Gasteiger partial charge in [-0.15, -0.1) is 0 Å². The molecule has 1 N–H and O–H groups in total. The lowest BCUT2D eigenvalue weighted by Crippen LogP contribution is -2.43. The molecule has 1 aromatic heterocycles. The van der Waals surface area contributed by atoms with E-state index in [9.17, 15) is 0 Å². The van der Waals surface area contributed by atoms with Crippen molar-refractivity contribution in [2.24, 2.45) is 7.05 Å². The second kappa shape index (κ2) is 11.5. The molecule has 2 aromatic rings. The van der Waals surface area contributed by atoms with Crippen LogP contribution in [0.25, 0.3) is 0 Å². The van der Waals surface area contributed by atoms with E-state index in [-0.39, 0.29) is 6.29 Å². The number of para-hydroxylation sites is 1. The van der Waals surface area contributed by atoms with Crippen LogP contribution in [0.5, 0.6) is 0 Å². The normalized spacial score (nSPS) is 23.8. The SMILES string of the molecule is CCCCCOC1COC(C)(c2nccn2C)O1.c1ccc(N2CCNCC2)cc1. The molecule has 7 heteroatoms. The van der Waals surface area contributed by atoms with Gasteiger partial charge in [0.2, 0.25) is 5.79 Å². The molecule has 30 heavy (non-hydrogen) atoms. The Balaban J connectivity index is 0.000000184. The van der Waals surface area contributed by atoms with Gasteiger partial charge in [-0.1, -0.05) is 38.0 Å². The molecule has 2 aliphatic rings. The molecule has 0 saturated carbocycles. The molecule has 2 unspecified atom stereocenters. The molecule has 7 nitrogen and oxygen atoms in total. The summed E-state index contributed by atoms with van der Waals surface area (Å²) in [6.45, 7) is 9.70. The first-order chi connectivity index (χ1) is 14.6. The fourth-order valence-corrected chi connectivity index (χ4v) is 3.68. The van der Waals surface area contributed by atoms with Crippen molar-refractivity contribution in [2.75, 3.05) is 44.3 Å². The minimum absolute atomic E-state index is 0.288. The first kappa shape index (κ1) is 22.7. The predicted octanol–water partition coefficient (Wildman–Crippen LogP) is 3.27. The summed E-state index contributed by atoms with van der Waals surface area (Å²) in [6, 6.07) is 10.6. The highest BCUT2D eigenvalue weighted by atomic mass is 16.8. The number of piperazine rings is 1. The van der Waals surface area contributed by atoms with E-state index in [1.54, 1.807) is 6.20 Å². The largest absolute Gasteiger partial charge is 0.369 e. The number of hydrogen-bond acceptors (Lipinski definition) is 6. The van der Waals surface area contributed by atoms with Crippen molar-refractivity contribution in [3.8, 4) is 0 Å². The van der Waals surface area contributed by atoms with Crippen molar-refractivity contribution in [3.05, 3.63) is 48.5 Å². The highest BCUT2D eigenvalue weighted by Gasteiger charge is 2.42. The Kier molecular flexibility index (Phi) is 8.69. The molecule has 3 heterocycles. The summed E-state index contributed by atoms with van der Waals surface area (Å²) in [7, 11) is 1.93. The molecule has 2 fully saturated rings. The lowest BCUT2D eigenvalue weighted by atomic mass is 10.2. The van der Waals surface area contributed by atoms with Crippen LogP contribution in [0.3, 0.4) is 0 Å². The summed E-state index contributed by atoms with van der Waals surface area (Å²) < 4.78 is 19.1. The number of anilines is 1. The van der Waals surface area contributed by atoms with Crippen LogP contribution < -0.4 is 10.2 Å². The van der Waals surface area contributed by atoms with Gasteiger partial charge >= 0.3 is 0 Å². The Hall–Kier alpha value is -1.93. The number of ether oxygens (including phenoxy) is 3. The molecule has 0 amide bonds. The first-order valence-corrected chi connectivity index (χ1v) is 11.0. The predicted molar refractivity (Wildman–Crippen MR) is 118 cm³/mol. The van der Waals surface area contributed by atoms with Gasteiger partial charge in [-0.25, -0.2) is 4.98 Å². The quantitative estimate of drug-likeness (QED) is 0.699. The minimum Gasteiger partial charge on any atom is -0.369 e. The molecule has 2 atom stereocenters. The lowest BCUT2D eigenvalue weighted by Gasteiger charge is -2.29. The summed E-state index contributed by atoms with van der Waals surface area (Å²) in [4.78, 5) is 6.68. The smallest absolute Gasteiger partial charge is 0.228 e. The number of aromatic nitrogens is 2. The van der Waals surface area contributed by atoms with Crippen LogP contribution in [0.2, 0.25) is 0 Å². The molecule has 4 rings (SSSR count). The van der Waals surface area contributed by atoms with Crippen molar-refractivity contribution in [3.63, 3.8) is 0 Å². The highest BCUT2D eigenvalue weighted by molar-refractivity contribution is 5.46. The zero-order chi connectivity index (χ0) is 21.2. The van der Waals surface area contributed by atoms with Gasteiger partial charge in [0.05, 0.1) is 0 Å². The van der Waals surface area contributed by atoms with E-state index in [2.05, 4.69) is 52.5 Å². The number of aryl methyl sites for hydroxylation is 1. The molecule has 2 saturated heterocycles. The van der Waals surface area contributed by atoms with Crippen molar-refractivity contribution < 1.29 is 14.2 Å². The average Bonchev–Trinajstić information content (AvgIpc) is 3.39. The standard InChI is InChI=1S/C13H22N2O3.C10H14N2/c1-4-5-6-9-16-11-10-17-13(2,18-11)12-14-7-8-15(12)3;1-2-4-10(5-3-1)12-8-6-11-7-9-12/h7-8,11H,4-6,9-10H2,1-3H3;1-5,11H,6-9H2. The fourth-order valence-electron chi connectivity index (χ4n) is 3.68. The van der Waals surface area contributed by atoms with Crippen LogP contribution in [0.1, 0.15) is 38.9 Å². The van der Waals surface area contributed by atoms with Gasteiger partial charge in [0, 0.05) is 57.9 Å². The van der Waals surface area contributed by atoms with Crippen LogP contribution in [-0.2, 0) is 27.0 Å². The van der Waals surface area contributed by atoms with Crippen LogP contribution in [0.4, 0.5) is 5.69 Å². The van der Waals surface area contributed by atoms with Crippen molar-refractivity contribution in [1.82, 2.24) is 14.9 Å². The van der Waals surface area contributed by atoms with E-state index in [0.29, 0.717) is 6.61 Å². The zero-order valence-corrected chi connectivity index (χ0v) is 18.5. The summed E-state index contributed by atoms with van der Waals surface area (Å²) in [5, 5.41) is 3.34. The monoisotopic (exact) mass is 416 g/mol. The maximum atomic E-state index is 5.83. The average molecular weight is 417 g/mol. The van der Waals surface area contributed by atoms with Gasteiger partial charge in [-0.2, -0.15) is 0 Å². The number of nitrogens with one attached hydrogen (secondary N) is 1. The lowest BCUT2D eigenvalue weighted by molar-refractivity contribution is -0.213. The molecule has 2 aliphatic heterocycles. The molecule has 0 aliphatic carbocycles. The summed E-state index contributed by atoms with van der Waals surface area (Å²) in [5.74, 6) is -0.0321. The molecular formula is C23H36N4O3. The van der Waals surface area contributed by atoms with Gasteiger partial charge in [0.25, 0.3) is 0 Å². The van der Waals surface area contributed by atoms with Gasteiger partial charge in [0.15, 0.2) is 12.1 Å². The van der Waals surface area contributed by atoms with Crippen LogP contribution in [0, 0.1) is 0 Å². The van der Waals surface area contributed by atoms with E-state index >= 15 is 0 Å². The third-order valence-corrected chi connectivity index (χ3v) is 5.37. The number of rotatable bonds is 7. The van der Waals surface area contributed by atoms with Gasteiger partial charge in [0.1, 0.15) is 6.61 Å². The second-order valence-electron chi connectivity index (χ2n) is 7.82. The maximum Gasteiger partial charge on any atom is 0.228 e. The van der Waals surface area contributed by atoms with E-state index in [1.807, 2.05) is 24.7 Å².